The van der Waals surface area contributed by atoms with Crippen molar-refractivity contribution in [1.29, 1.82) is 0 Å². The van der Waals surface area contributed by atoms with Gasteiger partial charge in [-0.25, -0.2) is 0 Å². The number of rotatable bonds is 3. The highest BCUT2D eigenvalue weighted by Crippen LogP contribution is 2.44. The maximum Gasteiger partial charge on any atom is 0.000998 e. The fraction of sp³-hybridized carbons (Fsp3) is 0.750. The van der Waals surface area contributed by atoms with Crippen molar-refractivity contribution in [2.45, 2.75) is 50.9 Å². The van der Waals surface area contributed by atoms with E-state index in [2.05, 4.69) is 28.7 Å². The molecule has 2 heteroatoms. The van der Waals surface area contributed by atoms with Gasteiger partial charge in [0, 0.05) is 6.54 Å². The molecule has 2 fully saturated rings. The lowest BCUT2D eigenvalue weighted by molar-refractivity contribution is 0.193. The molecule has 0 spiro atoms. The van der Waals surface area contributed by atoms with Gasteiger partial charge in [-0.3, -0.25) is 0 Å². The zero-order chi connectivity index (χ0) is 12.4. The minimum atomic E-state index is 0.473. The molecule has 18 heavy (non-hydrogen) atoms. The number of nitrogens with zero attached hydrogens (tertiary/aromatic N) is 1. The molecule has 1 aromatic rings. The van der Waals surface area contributed by atoms with Crippen LogP contribution in [-0.4, -0.2) is 24.5 Å². The summed E-state index contributed by atoms with van der Waals surface area (Å²) in [5, 5.41) is 4.60. The van der Waals surface area contributed by atoms with Crippen LogP contribution in [0.1, 0.15) is 51.0 Å². The molecule has 100 valence electrons. The van der Waals surface area contributed by atoms with Crippen LogP contribution in [0.15, 0.2) is 16.8 Å². The summed E-state index contributed by atoms with van der Waals surface area (Å²) < 4.78 is 0. The van der Waals surface area contributed by atoms with Crippen LogP contribution in [0.25, 0.3) is 0 Å². The molecular weight excluding hydrogens is 238 g/mol. The van der Waals surface area contributed by atoms with E-state index in [1.807, 2.05) is 11.3 Å². The Morgan fingerprint density at radius 1 is 1.33 bits per heavy atom. The van der Waals surface area contributed by atoms with Gasteiger partial charge < -0.3 is 4.90 Å². The Balaban J connectivity index is 1.58. The highest BCUT2D eigenvalue weighted by Gasteiger charge is 2.37. The third kappa shape index (κ3) is 2.65. The monoisotopic (exact) mass is 263 g/mol. The lowest BCUT2D eigenvalue weighted by atomic mass is 9.82. The Labute approximate surface area is 115 Å². The lowest BCUT2D eigenvalue weighted by Gasteiger charge is -2.30. The number of thiophene rings is 1. The normalized spacial score (nSPS) is 33.9. The van der Waals surface area contributed by atoms with Gasteiger partial charge in [-0.2, -0.15) is 11.3 Å². The van der Waals surface area contributed by atoms with Crippen molar-refractivity contribution in [3.63, 3.8) is 0 Å². The van der Waals surface area contributed by atoms with Crippen LogP contribution < -0.4 is 0 Å². The van der Waals surface area contributed by atoms with Gasteiger partial charge in [0.15, 0.2) is 0 Å². The first-order valence-electron chi connectivity index (χ1n) is 7.51. The first-order chi connectivity index (χ1) is 8.76. The van der Waals surface area contributed by atoms with Gasteiger partial charge in [-0.1, -0.05) is 13.3 Å². The van der Waals surface area contributed by atoms with Crippen LogP contribution in [0.4, 0.5) is 0 Å². The molecule has 0 bridgehead atoms. The third-order valence-corrected chi connectivity index (χ3v) is 5.71. The molecule has 2 unspecified atom stereocenters. The molecule has 2 atom stereocenters. The summed E-state index contributed by atoms with van der Waals surface area (Å²) in [6.45, 7) is 6.54. The van der Waals surface area contributed by atoms with Crippen LogP contribution in [0.3, 0.4) is 0 Å². The van der Waals surface area contributed by atoms with Crippen LogP contribution >= 0.6 is 11.3 Å². The average Bonchev–Trinajstić information content (AvgIpc) is 3.01. The molecule has 1 nitrogen and oxygen atoms in total. The molecule has 3 rings (SSSR count). The zero-order valence-corrected chi connectivity index (χ0v) is 12.3. The van der Waals surface area contributed by atoms with E-state index in [4.69, 9.17) is 0 Å². The van der Waals surface area contributed by atoms with E-state index >= 15 is 0 Å². The molecule has 0 amide bonds. The van der Waals surface area contributed by atoms with Gasteiger partial charge in [0.05, 0.1) is 0 Å². The molecule has 1 aromatic heterocycles. The largest absolute Gasteiger partial charge is 0.303 e. The first kappa shape index (κ1) is 12.7. The number of likely N-dealkylation sites (tertiary alicyclic amines) is 1. The molecule has 1 aliphatic carbocycles. The fourth-order valence-corrected chi connectivity index (χ4v) is 4.71. The average molecular weight is 263 g/mol. The molecule has 0 radical (unpaired) electrons. The summed E-state index contributed by atoms with van der Waals surface area (Å²) in [5.41, 5.74) is 2.06. The van der Waals surface area contributed by atoms with Crippen molar-refractivity contribution < 1.29 is 0 Å². The second kappa shape index (κ2) is 5.34. The van der Waals surface area contributed by atoms with Gasteiger partial charge in [0.2, 0.25) is 0 Å². The minimum Gasteiger partial charge on any atom is -0.303 e. The predicted molar refractivity (Wildman–Crippen MR) is 79.3 cm³/mol. The van der Waals surface area contributed by atoms with Crippen molar-refractivity contribution in [1.82, 2.24) is 4.90 Å². The van der Waals surface area contributed by atoms with E-state index in [1.54, 1.807) is 5.56 Å². The summed E-state index contributed by atoms with van der Waals surface area (Å²) in [6.07, 6.45) is 8.53. The van der Waals surface area contributed by atoms with E-state index in [0.29, 0.717) is 5.41 Å². The van der Waals surface area contributed by atoms with Crippen molar-refractivity contribution in [3.8, 4) is 0 Å². The lowest BCUT2D eigenvalue weighted by Crippen LogP contribution is -2.34. The van der Waals surface area contributed by atoms with E-state index in [-0.39, 0.29) is 0 Å². The summed E-state index contributed by atoms with van der Waals surface area (Å²) in [4.78, 5) is 2.72. The summed E-state index contributed by atoms with van der Waals surface area (Å²) in [5.74, 6) is 0.938. The predicted octanol–water partition coefficient (Wildman–Crippen LogP) is 4.29. The molecule has 0 N–H and O–H groups in total. The van der Waals surface area contributed by atoms with Gasteiger partial charge in [0.25, 0.3) is 0 Å². The Morgan fingerprint density at radius 2 is 2.17 bits per heavy atom. The zero-order valence-electron chi connectivity index (χ0n) is 11.5. The Hall–Kier alpha value is -0.340. The van der Waals surface area contributed by atoms with E-state index in [9.17, 15) is 0 Å². The number of piperidine rings is 1. The van der Waals surface area contributed by atoms with E-state index < -0.39 is 0 Å². The number of hydrogen-bond acceptors (Lipinski definition) is 2. The third-order valence-electron chi connectivity index (χ3n) is 5.03. The molecule has 2 aliphatic rings. The Kier molecular flexibility index (Phi) is 3.76. The van der Waals surface area contributed by atoms with Crippen molar-refractivity contribution in [3.05, 3.63) is 22.4 Å². The second-order valence-electron chi connectivity index (χ2n) is 6.54. The Morgan fingerprint density at radius 3 is 2.89 bits per heavy atom. The van der Waals surface area contributed by atoms with Crippen LogP contribution in [-0.2, 0) is 5.41 Å². The first-order valence-corrected chi connectivity index (χ1v) is 8.46. The molecular formula is C16H25NS. The molecule has 0 aromatic carbocycles. The van der Waals surface area contributed by atoms with E-state index in [0.717, 1.165) is 5.92 Å². The molecule has 1 saturated heterocycles. The van der Waals surface area contributed by atoms with Crippen LogP contribution in [0, 0.1) is 5.92 Å². The number of hydrogen-bond donors (Lipinski definition) is 0. The summed E-state index contributed by atoms with van der Waals surface area (Å²) in [6, 6.07) is 2.34. The smallest absolute Gasteiger partial charge is 0.000998 e. The van der Waals surface area contributed by atoms with Crippen molar-refractivity contribution >= 4 is 11.3 Å². The second-order valence-corrected chi connectivity index (χ2v) is 7.32. The van der Waals surface area contributed by atoms with Crippen molar-refractivity contribution in [2.24, 2.45) is 5.92 Å². The molecule has 2 heterocycles. The van der Waals surface area contributed by atoms with Crippen LogP contribution in [0.5, 0.6) is 0 Å². The van der Waals surface area contributed by atoms with Crippen LogP contribution in [0.2, 0.25) is 0 Å². The topological polar surface area (TPSA) is 3.24 Å². The van der Waals surface area contributed by atoms with Crippen molar-refractivity contribution in [2.75, 3.05) is 19.6 Å². The minimum absolute atomic E-state index is 0.473. The van der Waals surface area contributed by atoms with Gasteiger partial charge in [0.1, 0.15) is 0 Å². The standard InChI is InChI=1S/C16H25NS/c1-16(15-6-10-18-13-15)7-5-14(11-16)12-17-8-3-2-4-9-17/h6,10,13-14H,2-5,7-9,11-12H2,1H3. The highest BCUT2D eigenvalue weighted by atomic mass is 32.1. The molecule has 1 saturated carbocycles. The summed E-state index contributed by atoms with van der Waals surface area (Å²) >= 11 is 1.85. The summed E-state index contributed by atoms with van der Waals surface area (Å²) in [7, 11) is 0. The van der Waals surface area contributed by atoms with E-state index in [1.165, 1.54) is 58.2 Å². The highest BCUT2D eigenvalue weighted by molar-refractivity contribution is 7.08. The van der Waals surface area contributed by atoms with Gasteiger partial charge in [-0.15, -0.1) is 0 Å². The Bertz CT molecular complexity index is 366. The SMILES string of the molecule is CC1(c2ccsc2)CCC(CN2CCCCC2)C1. The van der Waals surface area contributed by atoms with Gasteiger partial charge in [-0.05, 0) is 78.9 Å². The maximum atomic E-state index is 2.72. The quantitative estimate of drug-likeness (QED) is 0.786. The van der Waals surface area contributed by atoms with Gasteiger partial charge >= 0.3 is 0 Å². The fourth-order valence-electron chi connectivity index (χ4n) is 3.90. The molecule has 1 aliphatic heterocycles. The maximum absolute atomic E-state index is 2.72.